The first-order valence-electron chi connectivity index (χ1n) is 5.28. The molecule has 0 radical (unpaired) electrons. The number of nitrogens with zero attached hydrogens (tertiary/aromatic N) is 4. The van der Waals surface area contributed by atoms with Gasteiger partial charge in [-0.15, -0.1) is 0 Å². The van der Waals surface area contributed by atoms with Gasteiger partial charge in [-0.3, -0.25) is 5.32 Å². The van der Waals surface area contributed by atoms with Gasteiger partial charge in [0.25, 0.3) is 0 Å². The molecule has 18 heavy (non-hydrogen) atoms. The van der Waals surface area contributed by atoms with Crippen LogP contribution in [-0.4, -0.2) is 13.1 Å². The van der Waals surface area contributed by atoms with E-state index >= 15 is 0 Å². The number of hydrogen-bond donors (Lipinski definition) is 1. The minimum absolute atomic E-state index is 0.330. The van der Waals surface area contributed by atoms with E-state index in [0.29, 0.717) is 29.5 Å². The molecule has 0 aliphatic heterocycles. The second-order valence-electron chi connectivity index (χ2n) is 3.50. The number of benzene rings is 1. The van der Waals surface area contributed by atoms with E-state index in [1.807, 2.05) is 0 Å². The minimum atomic E-state index is -0.507. The molecule has 0 saturated heterocycles. The minimum Gasteiger partial charge on any atom is -0.298 e. The summed E-state index contributed by atoms with van der Waals surface area (Å²) in [5, 5.41) is 15.4. The summed E-state index contributed by atoms with van der Waals surface area (Å²) < 4.78 is 13.4. The molecule has 1 atom stereocenters. The SMILES string of the molecule is N#CC(NCCCN=[N+]=[N-])c1ccc(F)c(Br)c1. The number of nitrogens with one attached hydrogen (secondary N) is 1. The maximum atomic E-state index is 13.1. The van der Waals surface area contributed by atoms with Crippen LogP contribution in [0.3, 0.4) is 0 Å². The number of rotatable bonds is 6. The molecule has 0 aliphatic carbocycles. The first kappa shape index (κ1) is 14.5. The van der Waals surface area contributed by atoms with Crippen molar-refractivity contribution in [2.75, 3.05) is 13.1 Å². The number of azide groups is 1. The van der Waals surface area contributed by atoms with E-state index in [1.165, 1.54) is 6.07 Å². The Morgan fingerprint density at radius 1 is 1.61 bits per heavy atom. The average molecular weight is 312 g/mol. The van der Waals surface area contributed by atoms with Gasteiger partial charge in [0.05, 0.1) is 10.5 Å². The van der Waals surface area contributed by atoms with Crippen LogP contribution in [0.4, 0.5) is 4.39 Å². The largest absolute Gasteiger partial charge is 0.298 e. The molecule has 0 saturated carbocycles. The number of hydrogen-bond acceptors (Lipinski definition) is 3. The summed E-state index contributed by atoms with van der Waals surface area (Å²) >= 11 is 3.08. The van der Waals surface area contributed by atoms with Gasteiger partial charge in [0, 0.05) is 11.5 Å². The summed E-state index contributed by atoms with van der Waals surface area (Å²) in [4.78, 5) is 2.64. The zero-order valence-corrected chi connectivity index (χ0v) is 11.1. The van der Waals surface area contributed by atoms with Crippen molar-refractivity contribution in [2.24, 2.45) is 5.11 Å². The summed E-state index contributed by atoms with van der Waals surface area (Å²) in [6, 6.07) is 6.04. The van der Waals surface area contributed by atoms with Crippen molar-refractivity contribution in [3.63, 3.8) is 0 Å². The normalized spacial score (nSPS) is 11.4. The molecule has 0 spiro atoms. The summed E-state index contributed by atoms with van der Waals surface area (Å²) in [6.45, 7) is 0.932. The topological polar surface area (TPSA) is 84.6 Å². The molecule has 94 valence electrons. The Hall–Kier alpha value is -1.61. The standard InChI is InChI=1S/C11H11BrFN5/c12-9-6-8(2-3-10(9)13)11(7-14)16-4-1-5-17-18-15/h2-3,6,11,16H,1,4-5H2. The van der Waals surface area contributed by atoms with Crippen molar-refractivity contribution in [2.45, 2.75) is 12.5 Å². The highest BCUT2D eigenvalue weighted by Crippen LogP contribution is 2.21. The summed E-state index contributed by atoms with van der Waals surface area (Å²) in [7, 11) is 0. The molecule has 0 fully saturated rings. The van der Waals surface area contributed by atoms with Crippen molar-refractivity contribution in [1.29, 1.82) is 5.26 Å². The van der Waals surface area contributed by atoms with Gasteiger partial charge in [0.1, 0.15) is 11.9 Å². The van der Waals surface area contributed by atoms with Gasteiger partial charge >= 0.3 is 0 Å². The van der Waals surface area contributed by atoms with Crippen molar-refractivity contribution < 1.29 is 4.39 Å². The molecular formula is C11H11BrFN5. The monoisotopic (exact) mass is 311 g/mol. The fourth-order valence-electron chi connectivity index (χ4n) is 1.37. The highest BCUT2D eigenvalue weighted by Gasteiger charge is 2.11. The van der Waals surface area contributed by atoms with E-state index in [4.69, 9.17) is 10.8 Å². The molecule has 1 aromatic rings. The molecule has 5 nitrogen and oxygen atoms in total. The fourth-order valence-corrected chi connectivity index (χ4v) is 1.77. The van der Waals surface area contributed by atoms with Gasteiger partial charge in [-0.25, -0.2) is 4.39 Å². The molecular weight excluding hydrogens is 301 g/mol. The predicted molar refractivity (Wildman–Crippen MR) is 69.1 cm³/mol. The molecule has 0 heterocycles. The van der Waals surface area contributed by atoms with Crippen LogP contribution in [0.15, 0.2) is 27.8 Å². The van der Waals surface area contributed by atoms with Crippen LogP contribution >= 0.6 is 15.9 Å². The summed E-state index contributed by atoms with van der Waals surface area (Å²) in [6.07, 6.45) is 0.643. The Labute approximate surface area is 112 Å². The van der Waals surface area contributed by atoms with Gasteiger partial charge in [0.2, 0.25) is 0 Å². The van der Waals surface area contributed by atoms with Crippen molar-refractivity contribution in [3.05, 3.63) is 44.5 Å². The van der Waals surface area contributed by atoms with Crippen LogP contribution in [-0.2, 0) is 0 Å². The third kappa shape index (κ3) is 4.34. The zero-order valence-electron chi connectivity index (χ0n) is 9.48. The van der Waals surface area contributed by atoms with Crippen molar-refractivity contribution in [1.82, 2.24) is 5.32 Å². The van der Waals surface area contributed by atoms with Gasteiger partial charge in [-0.2, -0.15) is 5.26 Å². The van der Waals surface area contributed by atoms with E-state index < -0.39 is 6.04 Å². The van der Waals surface area contributed by atoms with Gasteiger partial charge in [-0.1, -0.05) is 11.2 Å². The molecule has 1 unspecified atom stereocenters. The fraction of sp³-hybridized carbons (Fsp3) is 0.364. The van der Waals surface area contributed by atoms with Crippen LogP contribution < -0.4 is 5.32 Å². The lowest BCUT2D eigenvalue weighted by Crippen LogP contribution is -2.21. The van der Waals surface area contributed by atoms with E-state index in [0.717, 1.165) is 0 Å². The van der Waals surface area contributed by atoms with Gasteiger partial charge in [-0.05, 0) is 52.1 Å². The second kappa shape index (κ2) is 7.67. The molecule has 0 amide bonds. The first-order valence-corrected chi connectivity index (χ1v) is 6.07. The van der Waals surface area contributed by atoms with Gasteiger partial charge < -0.3 is 0 Å². The second-order valence-corrected chi connectivity index (χ2v) is 4.35. The Morgan fingerprint density at radius 3 is 3.00 bits per heavy atom. The Kier molecular flexibility index (Phi) is 6.15. The smallest absolute Gasteiger partial charge is 0.137 e. The van der Waals surface area contributed by atoms with E-state index in [2.05, 4.69) is 37.3 Å². The van der Waals surface area contributed by atoms with Crippen LogP contribution in [0, 0.1) is 17.1 Å². The molecule has 1 aromatic carbocycles. The Balaban J connectivity index is 2.58. The third-order valence-electron chi connectivity index (χ3n) is 2.25. The van der Waals surface area contributed by atoms with E-state index in [-0.39, 0.29) is 5.82 Å². The molecule has 0 aromatic heterocycles. The molecule has 0 aliphatic rings. The molecule has 7 heteroatoms. The molecule has 1 N–H and O–H groups in total. The first-order chi connectivity index (χ1) is 8.69. The van der Waals surface area contributed by atoms with Crippen molar-refractivity contribution in [3.8, 4) is 6.07 Å². The van der Waals surface area contributed by atoms with Crippen LogP contribution in [0.5, 0.6) is 0 Å². The lowest BCUT2D eigenvalue weighted by atomic mass is 10.1. The maximum Gasteiger partial charge on any atom is 0.137 e. The summed E-state index contributed by atoms with van der Waals surface area (Å²) in [5.41, 5.74) is 8.79. The highest BCUT2D eigenvalue weighted by atomic mass is 79.9. The Morgan fingerprint density at radius 2 is 2.39 bits per heavy atom. The third-order valence-corrected chi connectivity index (χ3v) is 2.86. The lowest BCUT2D eigenvalue weighted by Gasteiger charge is -2.11. The van der Waals surface area contributed by atoms with E-state index in [1.54, 1.807) is 12.1 Å². The predicted octanol–water partition coefficient (Wildman–Crippen LogP) is 3.44. The molecule has 1 rings (SSSR count). The number of nitriles is 1. The maximum absolute atomic E-state index is 13.1. The quantitative estimate of drug-likeness (QED) is 0.377. The van der Waals surface area contributed by atoms with Crippen LogP contribution in [0.2, 0.25) is 0 Å². The Bertz CT molecular complexity index is 493. The highest BCUT2D eigenvalue weighted by molar-refractivity contribution is 9.10. The van der Waals surface area contributed by atoms with Crippen LogP contribution in [0.1, 0.15) is 18.0 Å². The van der Waals surface area contributed by atoms with E-state index in [9.17, 15) is 4.39 Å². The zero-order chi connectivity index (χ0) is 13.4. The average Bonchev–Trinajstić information content (AvgIpc) is 2.37. The number of halogens is 2. The lowest BCUT2D eigenvalue weighted by molar-refractivity contribution is 0.598. The summed E-state index contributed by atoms with van der Waals surface area (Å²) in [5.74, 6) is -0.362. The van der Waals surface area contributed by atoms with Crippen LogP contribution in [0.25, 0.3) is 10.4 Å². The van der Waals surface area contributed by atoms with Gasteiger partial charge in [0.15, 0.2) is 0 Å². The van der Waals surface area contributed by atoms with Crippen molar-refractivity contribution >= 4 is 15.9 Å². The molecule has 0 bridgehead atoms.